The van der Waals surface area contributed by atoms with Crippen molar-refractivity contribution in [2.75, 3.05) is 0 Å². The molecule has 0 amide bonds. The van der Waals surface area contributed by atoms with Crippen molar-refractivity contribution in [2.24, 2.45) is 5.92 Å². The van der Waals surface area contributed by atoms with Crippen molar-refractivity contribution in [2.45, 2.75) is 102 Å². The minimum absolute atomic E-state index is 0.0240. The van der Waals surface area contributed by atoms with Crippen LogP contribution in [0.5, 0.6) is 0 Å². The van der Waals surface area contributed by atoms with Crippen molar-refractivity contribution in [3.63, 3.8) is 0 Å². The SMILES string of the molecule is CCCCCCCCCC(CCC)CCCc1ccc(S(=O)(=O)O)cc1. The van der Waals surface area contributed by atoms with Crippen LogP contribution < -0.4 is 0 Å². The molecule has 1 N–H and O–H groups in total. The summed E-state index contributed by atoms with van der Waals surface area (Å²) in [5.74, 6) is 0.827. The summed E-state index contributed by atoms with van der Waals surface area (Å²) in [5.41, 5.74) is 1.14. The van der Waals surface area contributed by atoms with Crippen molar-refractivity contribution < 1.29 is 13.0 Å². The standard InChI is InChI=1S/C22H38O3S/c1-3-5-6-7-8-9-10-13-20(12-4-2)14-11-15-21-16-18-22(19-17-21)26(23,24)25/h16-20H,3-15H2,1-2H3,(H,23,24,25). The van der Waals surface area contributed by atoms with E-state index in [1.54, 1.807) is 0 Å². The van der Waals surface area contributed by atoms with Gasteiger partial charge in [-0.3, -0.25) is 4.55 Å². The first kappa shape index (κ1) is 23.2. The normalized spacial score (nSPS) is 13.0. The Bertz CT molecular complexity index is 564. The van der Waals surface area contributed by atoms with Gasteiger partial charge in [-0.1, -0.05) is 96.6 Å². The first-order valence-corrected chi connectivity index (χ1v) is 12.0. The highest BCUT2D eigenvalue weighted by Crippen LogP contribution is 2.23. The van der Waals surface area contributed by atoms with Crippen LogP contribution in [-0.4, -0.2) is 13.0 Å². The van der Waals surface area contributed by atoms with E-state index in [1.807, 2.05) is 12.1 Å². The average Bonchev–Trinajstić information content (AvgIpc) is 2.60. The molecule has 1 rings (SSSR count). The average molecular weight is 383 g/mol. The fraction of sp³-hybridized carbons (Fsp3) is 0.727. The van der Waals surface area contributed by atoms with Gasteiger partial charge < -0.3 is 0 Å². The second-order valence-electron chi connectivity index (χ2n) is 7.58. The summed E-state index contributed by atoms with van der Waals surface area (Å²) in [5, 5.41) is 0. The third-order valence-corrected chi connectivity index (χ3v) is 6.08. The van der Waals surface area contributed by atoms with Gasteiger partial charge >= 0.3 is 0 Å². The van der Waals surface area contributed by atoms with Crippen molar-refractivity contribution in [1.29, 1.82) is 0 Å². The quantitative estimate of drug-likeness (QED) is 0.268. The van der Waals surface area contributed by atoms with Gasteiger partial charge in [-0.2, -0.15) is 8.42 Å². The zero-order chi connectivity index (χ0) is 19.3. The van der Waals surface area contributed by atoms with E-state index in [2.05, 4.69) is 13.8 Å². The lowest BCUT2D eigenvalue weighted by Crippen LogP contribution is -2.02. The van der Waals surface area contributed by atoms with Gasteiger partial charge in [-0.15, -0.1) is 0 Å². The van der Waals surface area contributed by atoms with E-state index >= 15 is 0 Å². The molecule has 0 spiro atoms. The minimum Gasteiger partial charge on any atom is -0.282 e. The Kier molecular flexibility index (Phi) is 11.9. The zero-order valence-electron chi connectivity index (χ0n) is 16.8. The molecule has 0 heterocycles. The van der Waals surface area contributed by atoms with E-state index in [9.17, 15) is 8.42 Å². The third-order valence-electron chi connectivity index (χ3n) is 5.21. The Balaban J connectivity index is 2.26. The lowest BCUT2D eigenvalue weighted by atomic mass is 9.90. The fourth-order valence-electron chi connectivity index (χ4n) is 3.65. The molecule has 1 atom stereocenters. The van der Waals surface area contributed by atoms with E-state index in [4.69, 9.17) is 4.55 Å². The largest absolute Gasteiger partial charge is 0.294 e. The van der Waals surface area contributed by atoms with Crippen LogP contribution in [0.4, 0.5) is 0 Å². The van der Waals surface area contributed by atoms with Crippen LogP contribution >= 0.6 is 0 Å². The predicted molar refractivity (Wildman–Crippen MR) is 110 cm³/mol. The van der Waals surface area contributed by atoms with Gasteiger partial charge in [0.1, 0.15) is 0 Å². The molecule has 0 radical (unpaired) electrons. The summed E-state index contributed by atoms with van der Waals surface area (Å²) in [6.45, 7) is 4.53. The molecule has 150 valence electrons. The molecular weight excluding hydrogens is 344 g/mol. The fourth-order valence-corrected chi connectivity index (χ4v) is 4.13. The molecule has 0 bridgehead atoms. The molecule has 0 aliphatic carbocycles. The number of benzene rings is 1. The molecule has 3 nitrogen and oxygen atoms in total. The van der Waals surface area contributed by atoms with Crippen LogP contribution in [0.25, 0.3) is 0 Å². The molecule has 0 aromatic heterocycles. The maximum absolute atomic E-state index is 11.1. The van der Waals surface area contributed by atoms with Gasteiger partial charge in [0.25, 0.3) is 10.1 Å². The van der Waals surface area contributed by atoms with Crippen molar-refractivity contribution in [1.82, 2.24) is 0 Å². The number of aryl methyl sites for hydroxylation is 1. The van der Waals surface area contributed by atoms with Crippen LogP contribution in [0, 0.1) is 5.92 Å². The summed E-state index contributed by atoms with van der Waals surface area (Å²) in [6.07, 6.45) is 16.9. The molecular formula is C22H38O3S. The minimum atomic E-state index is -4.08. The Morgan fingerprint density at radius 2 is 1.35 bits per heavy atom. The Morgan fingerprint density at radius 1 is 0.769 bits per heavy atom. The molecule has 0 fully saturated rings. The highest BCUT2D eigenvalue weighted by atomic mass is 32.2. The number of hydrogen-bond donors (Lipinski definition) is 1. The van der Waals surface area contributed by atoms with Crippen LogP contribution in [0.2, 0.25) is 0 Å². The van der Waals surface area contributed by atoms with E-state index in [0.717, 1.165) is 24.3 Å². The van der Waals surface area contributed by atoms with Crippen LogP contribution in [-0.2, 0) is 16.5 Å². The highest BCUT2D eigenvalue weighted by molar-refractivity contribution is 7.85. The van der Waals surface area contributed by atoms with Gasteiger partial charge in [0, 0.05) is 0 Å². The van der Waals surface area contributed by atoms with Crippen LogP contribution in [0.15, 0.2) is 29.2 Å². The van der Waals surface area contributed by atoms with Crippen LogP contribution in [0.3, 0.4) is 0 Å². The summed E-state index contributed by atoms with van der Waals surface area (Å²) >= 11 is 0. The van der Waals surface area contributed by atoms with E-state index < -0.39 is 10.1 Å². The van der Waals surface area contributed by atoms with Gasteiger partial charge in [0.15, 0.2) is 0 Å². The molecule has 1 unspecified atom stereocenters. The van der Waals surface area contributed by atoms with E-state index in [0.29, 0.717) is 0 Å². The van der Waals surface area contributed by atoms with Gasteiger partial charge in [-0.05, 0) is 36.5 Å². The molecule has 4 heteroatoms. The maximum atomic E-state index is 11.1. The van der Waals surface area contributed by atoms with Gasteiger partial charge in [-0.25, -0.2) is 0 Å². The molecule has 26 heavy (non-hydrogen) atoms. The lowest BCUT2D eigenvalue weighted by Gasteiger charge is -2.16. The first-order valence-electron chi connectivity index (χ1n) is 10.5. The number of hydrogen-bond acceptors (Lipinski definition) is 2. The van der Waals surface area contributed by atoms with E-state index in [-0.39, 0.29) is 4.90 Å². The Hall–Kier alpha value is -0.870. The summed E-state index contributed by atoms with van der Waals surface area (Å²) in [7, 11) is -4.08. The van der Waals surface area contributed by atoms with Crippen molar-refractivity contribution in [3.8, 4) is 0 Å². The monoisotopic (exact) mass is 382 g/mol. The second-order valence-corrected chi connectivity index (χ2v) is 9.00. The zero-order valence-corrected chi connectivity index (χ0v) is 17.6. The molecule has 0 aliphatic heterocycles. The van der Waals surface area contributed by atoms with E-state index in [1.165, 1.54) is 82.8 Å². The van der Waals surface area contributed by atoms with Crippen molar-refractivity contribution >= 4 is 10.1 Å². The lowest BCUT2D eigenvalue weighted by molar-refractivity contribution is 0.385. The maximum Gasteiger partial charge on any atom is 0.294 e. The summed E-state index contributed by atoms with van der Waals surface area (Å²) in [6, 6.07) is 6.61. The molecule has 0 saturated heterocycles. The van der Waals surface area contributed by atoms with Gasteiger partial charge in [0.2, 0.25) is 0 Å². The van der Waals surface area contributed by atoms with Gasteiger partial charge in [0.05, 0.1) is 4.90 Å². The van der Waals surface area contributed by atoms with Crippen molar-refractivity contribution in [3.05, 3.63) is 29.8 Å². The predicted octanol–water partition coefficient (Wildman–Crippen LogP) is 6.81. The summed E-state index contributed by atoms with van der Waals surface area (Å²) in [4.78, 5) is -0.0240. The molecule has 0 saturated carbocycles. The Morgan fingerprint density at radius 3 is 1.92 bits per heavy atom. The first-order chi connectivity index (χ1) is 12.5. The third kappa shape index (κ3) is 10.3. The topological polar surface area (TPSA) is 54.4 Å². The van der Waals surface area contributed by atoms with Crippen LogP contribution in [0.1, 0.15) is 96.5 Å². The number of rotatable bonds is 15. The summed E-state index contributed by atoms with van der Waals surface area (Å²) < 4.78 is 31.2. The molecule has 0 aliphatic rings. The highest BCUT2D eigenvalue weighted by Gasteiger charge is 2.10. The Labute approximate surface area is 161 Å². The number of unbranched alkanes of at least 4 members (excludes halogenated alkanes) is 6. The second kappa shape index (κ2) is 13.3. The molecule has 1 aromatic rings. The molecule has 1 aromatic carbocycles. The smallest absolute Gasteiger partial charge is 0.282 e.